The summed E-state index contributed by atoms with van der Waals surface area (Å²) in [5.74, 6) is 0. The molecule has 2 heteroatoms. The molecule has 0 saturated carbocycles. The monoisotopic (exact) mass is 187 g/mol. The molecule has 42 valence electrons. The van der Waals surface area contributed by atoms with E-state index >= 15 is 0 Å². The molecule has 0 aromatic heterocycles. The van der Waals surface area contributed by atoms with E-state index in [1.807, 2.05) is 0 Å². The van der Waals surface area contributed by atoms with Gasteiger partial charge in [-0.1, -0.05) is 0 Å². The molecule has 0 amide bonds. The van der Waals surface area contributed by atoms with Gasteiger partial charge in [0.1, 0.15) is 0 Å². The van der Waals surface area contributed by atoms with Gasteiger partial charge < -0.3 is 11.3 Å². The van der Waals surface area contributed by atoms with Gasteiger partial charge in [-0.2, -0.15) is 12.8 Å². The molecule has 1 heterocycles. The second kappa shape index (κ2) is 4.90. The van der Waals surface area contributed by atoms with E-state index in [0.717, 1.165) is 0 Å². The van der Waals surface area contributed by atoms with Gasteiger partial charge in [-0.25, -0.2) is 0 Å². The van der Waals surface area contributed by atoms with Crippen LogP contribution in [-0.2, 0) is 32.7 Å². The Labute approximate surface area is 76.7 Å². The second-order valence-corrected chi connectivity index (χ2v) is 2.17. The summed E-state index contributed by atoms with van der Waals surface area (Å²) in [4.78, 5) is 2.36. The first-order valence-corrected chi connectivity index (χ1v) is 2.90. The van der Waals surface area contributed by atoms with Crippen LogP contribution < -0.4 is 0 Å². The summed E-state index contributed by atoms with van der Waals surface area (Å²) in [7, 11) is 2.17. The van der Waals surface area contributed by atoms with Crippen molar-refractivity contribution in [2.24, 2.45) is 0 Å². The summed E-state index contributed by atoms with van der Waals surface area (Å²) in [5, 5.41) is 0. The van der Waals surface area contributed by atoms with E-state index in [0.29, 0.717) is 0 Å². The van der Waals surface area contributed by atoms with E-state index < -0.39 is 0 Å². The smallest absolute Gasteiger partial charge is 0.326 e. The first-order valence-electron chi connectivity index (χ1n) is 2.90. The van der Waals surface area contributed by atoms with Crippen molar-refractivity contribution >= 4 is 0 Å². The minimum absolute atomic E-state index is 0. The zero-order valence-corrected chi connectivity index (χ0v) is 8.27. The van der Waals surface area contributed by atoms with E-state index in [1.165, 1.54) is 25.9 Å². The molecular formula is C6H12NY+2. The molecular weight excluding hydrogens is 175 g/mol. The summed E-state index contributed by atoms with van der Waals surface area (Å²) in [6.07, 6.45) is 4.94. The quantitative estimate of drug-likeness (QED) is 0.509. The third-order valence-electron chi connectivity index (χ3n) is 1.43. The molecule has 0 bridgehead atoms. The zero-order valence-electron chi connectivity index (χ0n) is 5.43. The van der Waals surface area contributed by atoms with E-state index in [1.54, 1.807) is 0 Å². The molecule has 0 aliphatic carbocycles. The number of hydrogen-bond acceptors (Lipinski definition) is 1. The van der Waals surface area contributed by atoms with Crippen molar-refractivity contribution in [3.05, 3.63) is 6.42 Å². The van der Waals surface area contributed by atoms with E-state index in [-0.39, 0.29) is 32.7 Å². The van der Waals surface area contributed by atoms with Gasteiger partial charge in [-0.3, -0.25) is 0 Å². The maximum atomic E-state index is 2.36. The summed E-state index contributed by atoms with van der Waals surface area (Å²) < 4.78 is 0. The largest absolute Gasteiger partial charge is 3.00 e. The van der Waals surface area contributed by atoms with Crippen molar-refractivity contribution in [1.29, 1.82) is 0 Å². The van der Waals surface area contributed by atoms with Crippen LogP contribution in [0.4, 0.5) is 0 Å². The Morgan fingerprint density at radius 1 is 1.25 bits per heavy atom. The minimum Gasteiger partial charge on any atom is -0.326 e. The van der Waals surface area contributed by atoms with Crippen LogP contribution in [0.25, 0.3) is 0 Å². The summed E-state index contributed by atoms with van der Waals surface area (Å²) >= 11 is 0. The van der Waals surface area contributed by atoms with Gasteiger partial charge in [-0.15, -0.1) is 0 Å². The Bertz CT molecular complexity index is 50.5. The van der Waals surface area contributed by atoms with Crippen molar-refractivity contribution in [2.75, 3.05) is 20.1 Å². The van der Waals surface area contributed by atoms with Gasteiger partial charge >= 0.3 is 32.7 Å². The standard InChI is InChI=1S/C6H12N.Y/c1-7-5-3-2-4-6-7;/h2H,3-6H2,1H3;/q-1;+3. The van der Waals surface area contributed by atoms with Crippen LogP contribution in [0, 0.1) is 6.42 Å². The van der Waals surface area contributed by atoms with Crippen LogP contribution in [0.2, 0.25) is 0 Å². The molecule has 1 saturated heterocycles. The molecule has 1 fully saturated rings. The summed E-state index contributed by atoms with van der Waals surface area (Å²) in [6.45, 7) is 2.53. The van der Waals surface area contributed by atoms with Crippen LogP contribution in [0.15, 0.2) is 0 Å². The van der Waals surface area contributed by atoms with E-state index in [2.05, 4.69) is 18.4 Å². The number of piperidine rings is 1. The average molecular weight is 187 g/mol. The molecule has 8 heavy (non-hydrogen) atoms. The molecule has 0 aromatic rings. The van der Waals surface area contributed by atoms with Crippen molar-refractivity contribution in [3.63, 3.8) is 0 Å². The summed E-state index contributed by atoms with van der Waals surface area (Å²) in [6, 6.07) is 0. The normalized spacial score (nSPS) is 22.1. The predicted octanol–water partition coefficient (Wildman–Crippen LogP) is 0.914. The maximum absolute atomic E-state index is 2.36. The Balaban J connectivity index is 0.000000490. The van der Waals surface area contributed by atoms with Crippen LogP contribution >= 0.6 is 0 Å². The minimum atomic E-state index is 0. The fourth-order valence-electron chi connectivity index (χ4n) is 0.879. The number of hydrogen-bond donors (Lipinski definition) is 0. The van der Waals surface area contributed by atoms with Crippen LogP contribution in [0.1, 0.15) is 12.8 Å². The number of likely N-dealkylation sites (tertiary alicyclic amines) is 1. The van der Waals surface area contributed by atoms with Gasteiger partial charge in [0.15, 0.2) is 0 Å². The molecule has 0 unspecified atom stereocenters. The maximum Gasteiger partial charge on any atom is 3.00 e. The SMILES string of the molecule is CN1CC[CH-]CC1.[Y+3]. The van der Waals surface area contributed by atoms with Crippen LogP contribution in [0.3, 0.4) is 0 Å². The van der Waals surface area contributed by atoms with Gasteiger partial charge in [-0.05, 0) is 20.1 Å². The Morgan fingerprint density at radius 2 is 1.75 bits per heavy atom. The van der Waals surface area contributed by atoms with Gasteiger partial charge in [0.05, 0.1) is 0 Å². The van der Waals surface area contributed by atoms with Gasteiger partial charge in [0.25, 0.3) is 0 Å². The van der Waals surface area contributed by atoms with E-state index in [4.69, 9.17) is 0 Å². The Kier molecular flexibility index (Phi) is 5.55. The van der Waals surface area contributed by atoms with Crippen molar-refractivity contribution in [1.82, 2.24) is 4.90 Å². The Hall–Kier alpha value is 1.06. The average Bonchev–Trinajstić information content (AvgIpc) is 1.69. The molecule has 1 aliphatic rings. The van der Waals surface area contributed by atoms with Crippen molar-refractivity contribution < 1.29 is 32.7 Å². The second-order valence-electron chi connectivity index (χ2n) is 2.17. The molecule has 1 nitrogen and oxygen atoms in total. The van der Waals surface area contributed by atoms with E-state index in [9.17, 15) is 0 Å². The number of nitrogens with zero attached hydrogens (tertiary/aromatic N) is 1. The molecule has 0 radical (unpaired) electrons. The van der Waals surface area contributed by atoms with Gasteiger partial charge in [0, 0.05) is 0 Å². The predicted molar refractivity (Wildman–Crippen MR) is 31.0 cm³/mol. The zero-order chi connectivity index (χ0) is 5.11. The third kappa shape index (κ3) is 3.16. The third-order valence-corrected chi connectivity index (χ3v) is 1.43. The molecule has 0 aromatic carbocycles. The van der Waals surface area contributed by atoms with Crippen LogP contribution in [-0.4, -0.2) is 25.0 Å². The molecule has 0 N–H and O–H groups in total. The molecule has 1 rings (SSSR count). The first kappa shape index (κ1) is 9.06. The fraction of sp³-hybridized carbons (Fsp3) is 0.833. The van der Waals surface area contributed by atoms with Crippen molar-refractivity contribution in [2.45, 2.75) is 12.8 Å². The van der Waals surface area contributed by atoms with Crippen LogP contribution in [0.5, 0.6) is 0 Å². The molecule has 1 aliphatic heterocycles. The molecule has 0 spiro atoms. The fourth-order valence-corrected chi connectivity index (χ4v) is 0.879. The van der Waals surface area contributed by atoms with Crippen molar-refractivity contribution in [3.8, 4) is 0 Å². The number of rotatable bonds is 0. The molecule has 0 atom stereocenters. The Morgan fingerprint density at radius 3 is 2.00 bits per heavy atom. The summed E-state index contributed by atoms with van der Waals surface area (Å²) in [5.41, 5.74) is 0. The first-order chi connectivity index (χ1) is 3.39. The van der Waals surface area contributed by atoms with Gasteiger partial charge in [0.2, 0.25) is 0 Å². The topological polar surface area (TPSA) is 3.24 Å².